The Hall–Kier alpha value is -1.36. The first-order chi connectivity index (χ1) is 9.15. The highest BCUT2D eigenvalue weighted by Gasteiger charge is 2.25. The molecule has 0 unspecified atom stereocenters. The van der Waals surface area contributed by atoms with Gasteiger partial charge in [0.1, 0.15) is 0 Å². The van der Waals surface area contributed by atoms with E-state index in [9.17, 15) is 9.59 Å². The normalized spacial score (nSPS) is 16.2. The molecule has 1 aromatic carbocycles. The van der Waals surface area contributed by atoms with Gasteiger partial charge in [-0.15, -0.1) is 0 Å². The molecule has 4 nitrogen and oxygen atoms in total. The van der Waals surface area contributed by atoms with E-state index in [0.717, 1.165) is 42.4 Å². The molecule has 1 amide bonds. The van der Waals surface area contributed by atoms with E-state index in [4.69, 9.17) is 0 Å². The van der Waals surface area contributed by atoms with Crippen molar-refractivity contribution in [3.63, 3.8) is 0 Å². The molecule has 2 rings (SSSR count). The van der Waals surface area contributed by atoms with Crippen molar-refractivity contribution in [2.45, 2.75) is 12.8 Å². The molecule has 0 atom stereocenters. The number of nitrogens with zero attached hydrogens (tertiary/aromatic N) is 1. The largest absolute Gasteiger partial charge is 0.371 e. The van der Waals surface area contributed by atoms with Crippen molar-refractivity contribution >= 4 is 33.8 Å². The number of amides is 1. The molecular formula is C14H17BrN2O2. The molecule has 1 heterocycles. The van der Waals surface area contributed by atoms with Crippen LogP contribution in [-0.4, -0.2) is 32.3 Å². The van der Waals surface area contributed by atoms with Crippen LogP contribution in [0.5, 0.6) is 0 Å². The Morgan fingerprint density at radius 2 is 2.11 bits per heavy atom. The van der Waals surface area contributed by atoms with Crippen LogP contribution in [0, 0.1) is 5.92 Å². The molecule has 1 aliphatic heterocycles. The lowest BCUT2D eigenvalue weighted by molar-refractivity contribution is -0.125. The van der Waals surface area contributed by atoms with Gasteiger partial charge in [-0.3, -0.25) is 9.59 Å². The predicted octanol–water partition coefficient (Wildman–Crippen LogP) is 2.22. The number of piperidine rings is 1. The summed E-state index contributed by atoms with van der Waals surface area (Å²) in [5.41, 5.74) is 1.64. The monoisotopic (exact) mass is 324 g/mol. The number of hydrogen-bond acceptors (Lipinski definition) is 3. The maximum Gasteiger partial charge on any atom is 0.222 e. The van der Waals surface area contributed by atoms with Gasteiger partial charge < -0.3 is 10.2 Å². The molecule has 0 spiro atoms. The molecule has 0 bridgehead atoms. The molecular weight excluding hydrogens is 308 g/mol. The van der Waals surface area contributed by atoms with Crippen LogP contribution >= 0.6 is 15.9 Å². The summed E-state index contributed by atoms with van der Waals surface area (Å²) in [5.74, 6) is 0.206. The number of rotatable bonds is 3. The first-order valence-electron chi connectivity index (χ1n) is 6.37. The summed E-state index contributed by atoms with van der Waals surface area (Å²) in [6.07, 6.45) is 2.53. The second kappa shape index (κ2) is 6.19. The van der Waals surface area contributed by atoms with Crippen molar-refractivity contribution < 1.29 is 9.59 Å². The third-order valence-corrected chi connectivity index (χ3v) is 4.07. The van der Waals surface area contributed by atoms with Crippen molar-refractivity contribution in [1.82, 2.24) is 5.32 Å². The second-order valence-corrected chi connectivity index (χ2v) is 5.61. The number of hydrogen-bond donors (Lipinski definition) is 1. The fourth-order valence-corrected chi connectivity index (χ4v) is 2.83. The molecule has 1 aromatic rings. The molecule has 0 saturated carbocycles. The van der Waals surface area contributed by atoms with E-state index >= 15 is 0 Å². The van der Waals surface area contributed by atoms with E-state index in [1.165, 1.54) is 0 Å². The Kier molecular flexibility index (Phi) is 4.58. The molecule has 102 valence electrons. The number of aldehydes is 1. The standard InChI is InChI=1S/C14H17BrN2O2/c1-16-14(19)10-4-6-17(7-5-10)13-8-12(15)3-2-11(13)9-18/h2-3,8-10H,4-7H2,1H3,(H,16,19). The zero-order valence-electron chi connectivity index (χ0n) is 10.9. The molecule has 1 aliphatic rings. The number of carbonyl (C=O) groups is 2. The molecule has 0 radical (unpaired) electrons. The Bertz CT molecular complexity index is 482. The quantitative estimate of drug-likeness (QED) is 0.867. The zero-order chi connectivity index (χ0) is 13.8. The van der Waals surface area contributed by atoms with Gasteiger partial charge in [-0.2, -0.15) is 0 Å². The average molecular weight is 325 g/mol. The molecule has 5 heteroatoms. The highest BCUT2D eigenvalue weighted by molar-refractivity contribution is 9.10. The Morgan fingerprint density at radius 3 is 2.68 bits per heavy atom. The van der Waals surface area contributed by atoms with Gasteiger partial charge in [0.05, 0.1) is 0 Å². The van der Waals surface area contributed by atoms with Crippen LogP contribution in [0.3, 0.4) is 0 Å². The molecule has 1 N–H and O–H groups in total. The van der Waals surface area contributed by atoms with Crippen molar-refractivity contribution in [3.05, 3.63) is 28.2 Å². The summed E-state index contributed by atoms with van der Waals surface area (Å²) >= 11 is 3.43. The summed E-state index contributed by atoms with van der Waals surface area (Å²) in [5, 5.41) is 2.70. The van der Waals surface area contributed by atoms with Gasteiger partial charge in [-0.05, 0) is 31.0 Å². The predicted molar refractivity (Wildman–Crippen MR) is 78.5 cm³/mol. The minimum absolute atomic E-state index is 0.0908. The lowest BCUT2D eigenvalue weighted by Crippen LogP contribution is -2.39. The van der Waals surface area contributed by atoms with E-state index in [2.05, 4.69) is 26.1 Å². The van der Waals surface area contributed by atoms with Crippen molar-refractivity contribution in [2.75, 3.05) is 25.0 Å². The van der Waals surface area contributed by atoms with E-state index < -0.39 is 0 Å². The first-order valence-corrected chi connectivity index (χ1v) is 7.16. The van der Waals surface area contributed by atoms with E-state index in [-0.39, 0.29) is 11.8 Å². The summed E-state index contributed by atoms with van der Waals surface area (Å²) in [6.45, 7) is 1.60. The van der Waals surface area contributed by atoms with E-state index in [1.807, 2.05) is 18.2 Å². The van der Waals surface area contributed by atoms with Crippen LogP contribution in [0.15, 0.2) is 22.7 Å². The number of carbonyl (C=O) groups excluding carboxylic acids is 2. The Labute approximate surface area is 121 Å². The van der Waals surface area contributed by atoms with Crippen molar-refractivity contribution in [2.24, 2.45) is 5.92 Å². The molecule has 0 aliphatic carbocycles. The van der Waals surface area contributed by atoms with Gasteiger partial charge in [-0.1, -0.05) is 15.9 Å². The van der Waals surface area contributed by atoms with Gasteiger partial charge in [0, 0.05) is 41.8 Å². The molecule has 1 saturated heterocycles. The van der Waals surface area contributed by atoms with Gasteiger partial charge in [0.2, 0.25) is 5.91 Å². The lowest BCUT2D eigenvalue weighted by atomic mass is 9.95. The summed E-state index contributed by atoms with van der Waals surface area (Å²) < 4.78 is 0.960. The zero-order valence-corrected chi connectivity index (χ0v) is 12.4. The molecule has 0 aromatic heterocycles. The van der Waals surface area contributed by atoms with Crippen LogP contribution < -0.4 is 10.2 Å². The van der Waals surface area contributed by atoms with Crippen LogP contribution in [0.1, 0.15) is 23.2 Å². The Morgan fingerprint density at radius 1 is 1.42 bits per heavy atom. The third kappa shape index (κ3) is 3.15. The van der Waals surface area contributed by atoms with Crippen LogP contribution in [-0.2, 0) is 4.79 Å². The summed E-state index contributed by atoms with van der Waals surface area (Å²) in [6, 6.07) is 5.64. The highest BCUT2D eigenvalue weighted by atomic mass is 79.9. The van der Waals surface area contributed by atoms with Crippen molar-refractivity contribution in [1.29, 1.82) is 0 Å². The van der Waals surface area contributed by atoms with Gasteiger partial charge >= 0.3 is 0 Å². The topological polar surface area (TPSA) is 49.4 Å². The van der Waals surface area contributed by atoms with Crippen LogP contribution in [0.2, 0.25) is 0 Å². The maximum atomic E-state index is 11.6. The van der Waals surface area contributed by atoms with E-state index in [0.29, 0.717) is 5.56 Å². The van der Waals surface area contributed by atoms with Crippen molar-refractivity contribution in [3.8, 4) is 0 Å². The lowest BCUT2D eigenvalue weighted by Gasteiger charge is -2.33. The minimum atomic E-state index is 0.0908. The van der Waals surface area contributed by atoms with Gasteiger partial charge in [0.25, 0.3) is 0 Å². The highest BCUT2D eigenvalue weighted by Crippen LogP contribution is 2.28. The average Bonchev–Trinajstić information content (AvgIpc) is 2.46. The fraction of sp³-hybridized carbons (Fsp3) is 0.429. The number of anilines is 1. The minimum Gasteiger partial charge on any atom is -0.371 e. The molecule has 19 heavy (non-hydrogen) atoms. The maximum absolute atomic E-state index is 11.6. The first kappa shape index (κ1) is 14.1. The SMILES string of the molecule is CNC(=O)C1CCN(c2cc(Br)ccc2C=O)CC1. The Balaban J connectivity index is 2.11. The van der Waals surface area contributed by atoms with E-state index in [1.54, 1.807) is 7.05 Å². The van der Waals surface area contributed by atoms with Gasteiger partial charge in [-0.25, -0.2) is 0 Å². The summed E-state index contributed by atoms with van der Waals surface area (Å²) in [4.78, 5) is 24.9. The van der Waals surface area contributed by atoms with Crippen LogP contribution in [0.4, 0.5) is 5.69 Å². The number of benzene rings is 1. The smallest absolute Gasteiger partial charge is 0.222 e. The van der Waals surface area contributed by atoms with Gasteiger partial charge in [0.15, 0.2) is 6.29 Å². The van der Waals surface area contributed by atoms with Crippen LogP contribution in [0.25, 0.3) is 0 Å². The molecule has 1 fully saturated rings. The number of halogens is 1. The fourth-order valence-electron chi connectivity index (χ4n) is 2.48. The summed E-state index contributed by atoms with van der Waals surface area (Å²) in [7, 11) is 1.67. The third-order valence-electron chi connectivity index (χ3n) is 3.57. The number of nitrogens with one attached hydrogen (secondary N) is 1. The second-order valence-electron chi connectivity index (χ2n) is 4.70.